The van der Waals surface area contributed by atoms with Crippen LogP contribution < -0.4 is 16.0 Å². The van der Waals surface area contributed by atoms with Gasteiger partial charge in [0.2, 0.25) is 17.7 Å². The molecular formula is C38H49N5O7S2. The van der Waals surface area contributed by atoms with Crippen LogP contribution in [0.4, 0.5) is 5.69 Å². The summed E-state index contributed by atoms with van der Waals surface area (Å²) >= 11 is 3.18. The Morgan fingerprint density at radius 2 is 1.73 bits per heavy atom. The fourth-order valence-corrected chi connectivity index (χ4v) is 9.58. The van der Waals surface area contributed by atoms with Crippen molar-refractivity contribution >= 4 is 52.5 Å². The Kier molecular flexibility index (Phi) is 12.7. The van der Waals surface area contributed by atoms with Crippen LogP contribution in [0.5, 0.6) is 5.75 Å². The molecule has 2 aromatic carbocycles. The number of hydrogen-bond donors (Lipinski definition) is 4. The van der Waals surface area contributed by atoms with Crippen molar-refractivity contribution < 1.29 is 34.1 Å². The average molecular weight is 752 g/mol. The summed E-state index contributed by atoms with van der Waals surface area (Å²) in [5.41, 5.74) is 7.13. The van der Waals surface area contributed by atoms with Crippen LogP contribution in [0.15, 0.2) is 72.1 Å². The Bertz CT molecular complexity index is 1680. The molecule has 3 fully saturated rings. The van der Waals surface area contributed by atoms with Gasteiger partial charge in [0.15, 0.2) is 0 Å². The van der Waals surface area contributed by atoms with E-state index in [2.05, 4.69) is 27.7 Å². The number of aromatic hydroxyl groups is 1. The highest BCUT2D eigenvalue weighted by Crippen LogP contribution is 2.50. The number of likely N-dealkylation sites (tertiary alicyclic amines) is 1. The van der Waals surface area contributed by atoms with Crippen molar-refractivity contribution in [1.29, 1.82) is 0 Å². The van der Waals surface area contributed by atoms with Gasteiger partial charge in [-0.05, 0) is 74.4 Å². The molecule has 0 unspecified atom stereocenters. The van der Waals surface area contributed by atoms with E-state index in [1.807, 2.05) is 53.5 Å². The molecule has 52 heavy (non-hydrogen) atoms. The van der Waals surface area contributed by atoms with Crippen molar-refractivity contribution in [1.82, 2.24) is 15.1 Å². The second-order valence-corrected chi connectivity index (χ2v) is 16.7. The van der Waals surface area contributed by atoms with E-state index in [0.29, 0.717) is 18.6 Å². The lowest BCUT2D eigenvalue weighted by atomic mass is 9.85. The summed E-state index contributed by atoms with van der Waals surface area (Å²) in [4.78, 5) is 56.4. The number of phenols is 1. The zero-order chi connectivity index (χ0) is 37.6. The van der Waals surface area contributed by atoms with E-state index in [4.69, 9.17) is 10.5 Å². The van der Waals surface area contributed by atoms with E-state index >= 15 is 0 Å². The number of piperidine rings is 1. The number of carbonyl (C=O) groups is 4. The third-order valence-corrected chi connectivity index (χ3v) is 12.5. The minimum absolute atomic E-state index is 0.0606. The molecule has 0 radical (unpaired) electrons. The molecule has 5 N–H and O–H groups in total. The van der Waals surface area contributed by atoms with E-state index in [1.54, 1.807) is 21.0 Å². The number of carboxylic acid groups (broad SMARTS) is 1. The van der Waals surface area contributed by atoms with Crippen molar-refractivity contribution in [2.75, 3.05) is 38.3 Å². The van der Waals surface area contributed by atoms with Crippen LogP contribution in [-0.4, -0.2) is 105 Å². The number of benzene rings is 2. The van der Waals surface area contributed by atoms with Crippen molar-refractivity contribution in [3.63, 3.8) is 0 Å². The molecule has 0 bridgehead atoms. The molecule has 1 aromatic heterocycles. The van der Waals surface area contributed by atoms with E-state index in [9.17, 15) is 29.4 Å². The van der Waals surface area contributed by atoms with Gasteiger partial charge in [0, 0.05) is 48.5 Å². The molecule has 4 atom stereocenters. The molecule has 0 spiro atoms. The number of hydrogen-bond acceptors (Lipinski definition) is 10. The van der Waals surface area contributed by atoms with Gasteiger partial charge in [0.1, 0.15) is 29.2 Å². The molecule has 3 aliphatic heterocycles. The van der Waals surface area contributed by atoms with Gasteiger partial charge < -0.3 is 40.7 Å². The van der Waals surface area contributed by atoms with Gasteiger partial charge in [-0.1, -0.05) is 43.3 Å². The number of fused-ring (bicyclic) bond motifs is 1. The number of para-hydroxylation sites is 1. The monoisotopic (exact) mass is 751 g/mol. The number of nitrogens with two attached hydrogens (primary N) is 1. The van der Waals surface area contributed by atoms with Crippen LogP contribution >= 0.6 is 23.1 Å². The van der Waals surface area contributed by atoms with Crippen LogP contribution in [0.1, 0.15) is 56.5 Å². The van der Waals surface area contributed by atoms with Crippen molar-refractivity contribution in [2.45, 2.75) is 80.2 Å². The molecule has 3 amide bonds. The standard InChI is InChI=1S/C22H30N2O2S.C16H19N3O5S/c1-3-21(25)24(19-8-5-4-6-9-19)22(18-26-2)12-15-23(16-13-22)14-11-20-10-7-17-27-20;1-16(2)11(15(23)24)19-13(22)10(14(19)25-16)18-12(21)9(17)7-3-5-8(20)6-4-7/h4-10,17H,3,11-16,18H2,1-2H3;3-6,9-11,14,20H,17H2,1-2H3,(H,18,21)(H,23,24)/t;9-,10-,11+,14-/m.1/s1. The number of β-lactam (4-membered cyclic amide) rings is 1. The lowest BCUT2D eigenvalue weighted by Gasteiger charge is -2.48. The minimum atomic E-state index is -1.06. The molecule has 14 heteroatoms. The summed E-state index contributed by atoms with van der Waals surface area (Å²) in [6.45, 7) is 9.12. The van der Waals surface area contributed by atoms with Crippen LogP contribution in [-0.2, 0) is 30.3 Å². The zero-order valence-corrected chi connectivity index (χ0v) is 31.7. The van der Waals surface area contributed by atoms with E-state index in [0.717, 1.165) is 44.6 Å². The number of amides is 3. The number of carbonyl (C=O) groups excluding carboxylic acids is 3. The summed E-state index contributed by atoms with van der Waals surface area (Å²) in [5, 5.41) is 23.0. The fourth-order valence-electron chi connectivity index (χ4n) is 7.26. The number of rotatable bonds is 12. The van der Waals surface area contributed by atoms with Gasteiger partial charge in [-0.2, -0.15) is 0 Å². The highest BCUT2D eigenvalue weighted by molar-refractivity contribution is 8.01. The van der Waals surface area contributed by atoms with E-state index in [-0.39, 0.29) is 17.2 Å². The molecule has 280 valence electrons. The van der Waals surface area contributed by atoms with E-state index in [1.165, 1.54) is 45.8 Å². The Labute approximate surface area is 313 Å². The summed E-state index contributed by atoms with van der Waals surface area (Å²) in [6, 6.07) is 17.6. The Morgan fingerprint density at radius 1 is 1.06 bits per heavy atom. The van der Waals surface area contributed by atoms with Gasteiger partial charge in [-0.15, -0.1) is 23.1 Å². The highest BCUT2D eigenvalue weighted by atomic mass is 32.2. The number of nitrogens with zero attached hydrogens (tertiary/aromatic N) is 3. The zero-order valence-electron chi connectivity index (χ0n) is 30.1. The van der Waals surface area contributed by atoms with Crippen molar-refractivity contribution in [3.8, 4) is 5.75 Å². The lowest BCUT2D eigenvalue weighted by Crippen LogP contribution is -2.71. The number of carboxylic acids is 1. The number of ether oxygens (including phenoxy) is 1. The molecule has 3 aromatic rings. The normalized spacial score (nSPS) is 22.3. The first-order valence-electron chi connectivity index (χ1n) is 17.5. The minimum Gasteiger partial charge on any atom is -0.508 e. The lowest BCUT2D eigenvalue weighted by molar-refractivity contribution is -0.161. The first kappa shape index (κ1) is 39.3. The van der Waals surface area contributed by atoms with Gasteiger partial charge in [0.25, 0.3) is 0 Å². The number of methoxy groups -OCH3 is 1. The number of nitrogens with one attached hydrogen (secondary N) is 1. The molecule has 0 aliphatic carbocycles. The average Bonchev–Trinajstić information content (AvgIpc) is 3.75. The Morgan fingerprint density at radius 3 is 2.31 bits per heavy atom. The number of thiophene rings is 1. The summed E-state index contributed by atoms with van der Waals surface area (Å²) in [6.07, 6.45) is 3.48. The maximum Gasteiger partial charge on any atom is 0.327 e. The molecule has 12 nitrogen and oxygen atoms in total. The first-order chi connectivity index (χ1) is 24.8. The summed E-state index contributed by atoms with van der Waals surface area (Å²) in [7, 11) is 1.74. The fraction of sp³-hybridized carbons (Fsp3) is 0.474. The molecular weight excluding hydrogens is 703 g/mol. The first-order valence-corrected chi connectivity index (χ1v) is 19.3. The molecule has 6 rings (SSSR count). The van der Waals surface area contributed by atoms with Gasteiger partial charge in [-0.3, -0.25) is 14.4 Å². The second kappa shape index (κ2) is 16.8. The summed E-state index contributed by atoms with van der Waals surface area (Å²) in [5.74, 6) is -1.77. The van der Waals surface area contributed by atoms with Gasteiger partial charge in [-0.25, -0.2) is 4.79 Å². The van der Waals surface area contributed by atoms with Crippen LogP contribution in [0.3, 0.4) is 0 Å². The third-order valence-electron chi connectivity index (χ3n) is 10.0. The molecule has 4 heterocycles. The number of thioether (sulfide) groups is 1. The summed E-state index contributed by atoms with van der Waals surface area (Å²) < 4.78 is 4.98. The molecule has 3 aliphatic rings. The number of phenolic OH excluding ortho intramolecular Hbond substituents is 1. The quantitative estimate of drug-likeness (QED) is 0.197. The molecule has 3 saturated heterocycles. The van der Waals surface area contributed by atoms with Crippen molar-refractivity contribution in [2.24, 2.45) is 5.73 Å². The largest absolute Gasteiger partial charge is 0.508 e. The maximum atomic E-state index is 12.9. The number of aliphatic carboxylic acids is 1. The maximum absolute atomic E-state index is 12.9. The topological polar surface area (TPSA) is 166 Å². The SMILES string of the molecule is CC1(C)S[C@@H]2[C@H](NC(=O)[C@H](N)c3ccc(O)cc3)C(=O)N2[C@H]1C(=O)O.CCC(=O)N(c1ccccc1)C1(COC)CCN(CCc2cccs2)CC1. The van der Waals surface area contributed by atoms with Gasteiger partial charge >= 0.3 is 5.97 Å². The second-order valence-electron chi connectivity index (χ2n) is 13.9. The predicted molar refractivity (Wildman–Crippen MR) is 203 cm³/mol. The van der Waals surface area contributed by atoms with E-state index < -0.39 is 46.0 Å². The molecule has 0 saturated carbocycles. The number of anilines is 1. The van der Waals surface area contributed by atoms with Crippen LogP contribution in [0, 0.1) is 0 Å². The Balaban J connectivity index is 0.000000202. The van der Waals surface area contributed by atoms with Crippen LogP contribution in [0.2, 0.25) is 0 Å². The predicted octanol–water partition coefficient (Wildman–Crippen LogP) is 4.24. The van der Waals surface area contributed by atoms with Crippen molar-refractivity contribution in [3.05, 3.63) is 82.6 Å². The highest BCUT2D eigenvalue weighted by Gasteiger charge is 2.64. The van der Waals surface area contributed by atoms with Gasteiger partial charge in [0.05, 0.1) is 12.1 Å². The Hall–Kier alpha value is -3.95. The third kappa shape index (κ3) is 8.47. The van der Waals surface area contributed by atoms with Crippen LogP contribution in [0.25, 0.3) is 0 Å². The smallest absolute Gasteiger partial charge is 0.327 e.